The lowest BCUT2D eigenvalue weighted by atomic mass is 9.82. The van der Waals surface area contributed by atoms with Crippen molar-refractivity contribution in [1.29, 1.82) is 0 Å². The first-order valence-electron chi connectivity index (χ1n) is 29.4. The van der Waals surface area contributed by atoms with Gasteiger partial charge in [-0.1, -0.05) is 222 Å². The first-order chi connectivity index (χ1) is 41.2. The van der Waals surface area contributed by atoms with Gasteiger partial charge in [0.15, 0.2) is 5.82 Å². The van der Waals surface area contributed by atoms with Crippen LogP contribution in [0.1, 0.15) is 49.9 Å². The molecule has 4 heteroatoms. The third-order valence-corrected chi connectivity index (χ3v) is 19.3. The monoisotopic (exact) mass is 1070 g/mol. The molecule has 3 aliphatic rings. The highest BCUT2D eigenvalue weighted by Crippen LogP contribution is 2.53. The van der Waals surface area contributed by atoms with Crippen molar-refractivity contribution in [2.45, 2.75) is 38.5 Å². The summed E-state index contributed by atoms with van der Waals surface area (Å²) >= 11 is 0. The molecule has 3 aliphatic carbocycles. The Bertz CT molecular complexity index is 5350. The van der Waals surface area contributed by atoms with Crippen LogP contribution in [0.4, 0.5) is 0 Å². The number of hydrogen-bond donors (Lipinski definition) is 0. The van der Waals surface area contributed by atoms with E-state index in [2.05, 4.69) is 292 Å². The van der Waals surface area contributed by atoms with E-state index in [4.69, 9.17) is 9.97 Å². The topological polar surface area (TPSA) is 35.6 Å². The number of benzene rings is 12. The lowest BCUT2D eigenvalue weighted by Gasteiger charge is -2.22. The Morgan fingerprint density at radius 1 is 0.286 bits per heavy atom. The molecule has 394 valence electrons. The molecule has 0 atom stereocenters. The van der Waals surface area contributed by atoms with Crippen LogP contribution in [0, 0.1) is 0 Å². The molecule has 3 heterocycles. The molecule has 0 fully saturated rings. The van der Waals surface area contributed by atoms with Gasteiger partial charge in [-0.15, -0.1) is 0 Å². The van der Waals surface area contributed by atoms with Crippen LogP contribution in [0.5, 0.6) is 0 Å². The predicted octanol–water partition coefficient (Wildman–Crippen LogP) is 20.8. The second-order valence-corrected chi connectivity index (χ2v) is 24.5. The SMILES string of the molecule is CC1(C)c2ccccc2-c2ccc(-n3c4ccccc4c4cc(-c5ccc(-c6nc(-c7ccc(-c8ccc9c(c8)c8ccccc8n9-c8ccc9c(c8)C(C)(C)c8ccccc8-9)cc7)c7c(n6)-c6cccc8cccc-7c68)cc5)ccc43)cc21. The molecule has 0 aliphatic heterocycles. The van der Waals surface area contributed by atoms with Crippen LogP contribution in [-0.2, 0) is 10.8 Å². The van der Waals surface area contributed by atoms with Gasteiger partial charge >= 0.3 is 0 Å². The molecule has 0 N–H and O–H groups in total. The molecule has 0 saturated carbocycles. The Balaban J connectivity index is 0.704. The van der Waals surface area contributed by atoms with Crippen molar-refractivity contribution in [3.05, 3.63) is 277 Å². The van der Waals surface area contributed by atoms with Crippen LogP contribution in [-0.4, -0.2) is 19.1 Å². The summed E-state index contributed by atoms with van der Waals surface area (Å²) in [5.41, 5.74) is 29.9. The molecular weight excluding hydrogens is 1020 g/mol. The Kier molecular flexibility index (Phi) is 9.60. The standard InChI is InChI=1S/C80H54N4/c1-79(2)66-23-9-5-17-56(66)58-39-37-54(45-68(58)79)83-70-25-11-7-19-60(70)64-43-52(35-41-72(64)83)47-27-31-50(32-28-47)76-75-62-21-13-15-49-16-14-22-63(74(49)62)77(75)82-78(81-76)51-33-29-48(30-34-51)53-36-42-73-65(44-53)61-20-8-12-26-71(61)84(73)55-38-40-59-57-18-6-10-24-67(57)80(3,4)69(59)46-55/h5-46H,1-4H3. The van der Waals surface area contributed by atoms with Gasteiger partial charge in [0.05, 0.1) is 33.5 Å². The average molecular weight is 1070 g/mol. The van der Waals surface area contributed by atoms with Crippen molar-refractivity contribution in [3.63, 3.8) is 0 Å². The van der Waals surface area contributed by atoms with Crippen LogP contribution in [0.3, 0.4) is 0 Å². The van der Waals surface area contributed by atoms with Gasteiger partial charge in [0.25, 0.3) is 0 Å². The van der Waals surface area contributed by atoms with Crippen LogP contribution >= 0.6 is 0 Å². The van der Waals surface area contributed by atoms with Gasteiger partial charge in [0, 0.05) is 66.0 Å². The highest BCUT2D eigenvalue weighted by atomic mass is 15.0. The number of nitrogens with zero attached hydrogens (tertiary/aromatic N) is 4. The molecule has 18 rings (SSSR count). The van der Waals surface area contributed by atoms with Crippen molar-refractivity contribution in [1.82, 2.24) is 19.1 Å². The van der Waals surface area contributed by atoms with E-state index in [1.165, 1.54) is 127 Å². The van der Waals surface area contributed by atoms with Crippen LogP contribution in [0.2, 0.25) is 0 Å². The van der Waals surface area contributed by atoms with E-state index >= 15 is 0 Å². The summed E-state index contributed by atoms with van der Waals surface area (Å²) in [5, 5.41) is 7.39. The van der Waals surface area contributed by atoms with Crippen LogP contribution < -0.4 is 0 Å². The minimum absolute atomic E-state index is 0.0859. The molecule has 0 saturated heterocycles. The second-order valence-electron chi connectivity index (χ2n) is 24.5. The molecule has 84 heavy (non-hydrogen) atoms. The first kappa shape index (κ1) is 47.2. The number of rotatable bonds is 6. The number of hydrogen-bond acceptors (Lipinski definition) is 2. The van der Waals surface area contributed by atoms with Crippen LogP contribution in [0.25, 0.3) is 155 Å². The third-order valence-electron chi connectivity index (χ3n) is 19.3. The van der Waals surface area contributed by atoms with Gasteiger partial charge in [-0.3, -0.25) is 0 Å². The maximum Gasteiger partial charge on any atom is 0.160 e. The largest absolute Gasteiger partial charge is 0.309 e. The second kappa shape index (κ2) is 17.1. The predicted molar refractivity (Wildman–Crippen MR) is 350 cm³/mol. The zero-order valence-electron chi connectivity index (χ0n) is 47.0. The van der Waals surface area contributed by atoms with Gasteiger partial charge in [-0.2, -0.15) is 0 Å². The molecule has 15 aromatic rings. The number of aromatic nitrogens is 4. The van der Waals surface area contributed by atoms with E-state index in [1.807, 2.05) is 0 Å². The molecule has 0 radical (unpaired) electrons. The van der Waals surface area contributed by atoms with Gasteiger partial charge in [0.2, 0.25) is 0 Å². The van der Waals surface area contributed by atoms with Crippen molar-refractivity contribution in [2.24, 2.45) is 0 Å². The quantitative estimate of drug-likeness (QED) is 0.166. The average Bonchev–Trinajstić information content (AvgIpc) is 2.47. The third kappa shape index (κ3) is 6.54. The van der Waals surface area contributed by atoms with Crippen molar-refractivity contribution in [2.75, 3.05) is 0 Å². The Morgan fingerprint density at radius 2 is 0.702 bits per heavy atom. The minimum Gasteiger partial charge on any atom is -0.309 e. The zero-order valence-corrected chi connectivity index (χ0v) is 47.0. The fraction of sp³-hybridized carbons (Fsp3) is 0.0750. The maximum atomic E-state index is 5.54. The summed E-state index contributed by atoms with van der Waals surface area (Å²) in [4.78, 5) is 11.0. The molecule has 0 unspecified atom stereocenters. The van der Waals surface area contributed by atoms with E-state index in [1.54, 1.807) is 0 Å². The van der Waals surface area contributed by atoms with Crippen molar-refractivity contribution in [3.8, 4) is 101 Å². The maximum absolute atomic E-state index is 5.54. The lowest BCUT2D eigenvalue weighted by molar-refractivity contribution is 0.660. The fourth-order valence-corrected chi connectivity index (χ4v) is 15.2. The smallest absolute Gasteiger partial charge is 0.160 e. The van der Waals surface area contributed by atoms with Crippen molar-refractivity contribution >= 4 is 54.4 Å². The Labute approximate surface area is 487 Å². The Morgan fingerprint density at radius 3 is 1.25 bits per heavy atom. The number of para-hydroxylation sites is 2. The fourth-order valence-electron chi connectivity index (χ4n) is 15.2. The van der Waals surface area contributed by atoms with Gasteiger partial charge in [-0.05, 0) is 144 Å². The minimum atomic E-state index is -0.0866. The molecule has 3 aromatic heterocycles. The normalized spacial score (nSPS) is 13.9. The summed E-state index contributed by atoms with van der Waals surface area (Å²) in [6.45, 7) is 9.43. The number of fused-ring (bicyclic) bond motifs is 15. The summed E-state index contributed by atoms with van der Waals surface area (Å²) in [6, 6.07) is 94.5. The summed E-state index contributed by atoms with van der Waals surface area (Å²) in [7, 11) is 0. The summed E-state index contributed by atoms with van der Waals surface area (Å²) in [5.74, 6) is 0.710. The van der Waals surface area contributed by atoms with Crippen LogP contribution in [0.15, 0.2) is 255 Å². The highest BCUT2D eigenvalue weighted by Gasteiger charge is 2.37. The van der Waals surface area contributed by atoms with Crippen molar-refractivity contribution < 1.29 is 0 Å². The molecule has 4 nitrogen and oxygen atoms in total. The molecule has 0 bridgehead atoms. The highest BCUT2D eigenvalue weighted by molar-refractivity contribution is 6.17. The van der Waals surface area contributed by atoms with E-state index < -0.39 is 0 Å². The lowest BCUT2D eigenvalue weighted by Crippen LogP contribution is -2.15. The molecule has 0 amide bonds. The summed E-state index contributed by atoms with van der Waals surface area (Å²) in [6.07, 6.45) is 0. The molecule has 12 aromatic carbocycles. The first-order valence-corrected chi connectivity index (χ1v) is 29.4. The van der Waals surface area contributed by atoms with Gasteiger partial charge in [0.1, 0.15) is 0 Å². The molecule has 0 spiro atoms. The summed E-state index contributed by atoms with van der Waals surface area (Å²) < 4.78 is 4.90. The van der Waals surface area contributed by atoms with Gasteiger partial charge < -0.3 is 9.13 Å². The zero-order chi connectivity index (χ0) is 55.7. The molecular formula is C80H54N4. The van der Waals surface area contributed by atoms with E-state index in [-0.39, 0.29) is 10.8 Å². The van der Waals surface area contributed by atoms with E-state index in [0.717, 1.165) is 44.8 Å². The van der Waals surface area contributed by atoms with Gasteiger partial charge in [-0.25, -0.2) is 9.97 Å². The Hall–Kier alpha value is -10.4. The van der Waals surface area contributed by atoms with E-state index in [0.29, 0.717) is 5.82 Å². The van der Waals surface area contributed by atoms with E-state index in [9.17, 15) is 0 Å².